The molecule has 55 heavy (non-hydrogen) atoms. The van der Waals surface area contributed by atoms with E-state index in [1.807, 2.05) is 0 Å². The Balaban J connectivity index is 3.72. The Hall–Kier alpha value is -1.47. The number of carbonyl (C=O) groups is 1. The molecule has 0 aromatic carbocycles. The molecule has 4 atom stereocenters. The van der Waals surface area contributed by atoms with Gasteiger partial charge in [0.15, 0.2) is 0 Å². The molecule has 6 heteroatoms. The Morgan fingerprint density at radius 2 is 0.764 bits per heavy atom. The topological polar surface area (TPSA) is 110 Å². The molecule has 0 aromatic rings. The van der Waals surface area contributed by atoms with Gasteiger partial charge in [-0.05, 0) is 77.0 Å². The molecule has 0 saturated heterocycles. The number of aliphatic hydroxyl groups is 4. The highest BCUT2D eigenvalue weighted by Crippen LogP contribution is 2.16. The lowest BCUT2D eigenvalue weighted by Crippen LogP contribution is -2.53. The molecule has 4 unspecified atom stereocenters. The number of nitrogens with one attached hydrogen (secondary N) is 1. The maximum absolute atomic E-state index is 12.5. The van der Waals surface area contributed by atoms with Crippen LogP contribution in [0.5, 0.6) is 0 Å². The first kappa shape index (κ1) is 53.5. The first-order valence-electron chi connectivity index (χ1n) is 23.9. The third-order valence-corrected chi connectivity index (χ3v) is 11.1. The van der Waals surface area contributed by atoms with Crippen molar-refractivity contribution in [3.8, 4) is 0 Å². The van der Waals surface area contributed by atoms with Gasteiger partial charge in [0.05, 0.1) is 18.8 Å². The average Bonchev–Trinajstić information content (AvgIpc) is 3.19. The summed E-state index contributed by atoms with van der Waals surface area (Å²) < 4.78 is 0. The molecular weight excluding hydrogens is 683 g/mol. The van der Waals surface area contributed by atoms with Gasteiger partial charge in [-0.3, -0.25) is 4.79 Å². The van der Waals surface area contributed by atoms with E-state index in [4.69, 9.17) is 0 Å². The molecule has 0 spiro atoms. The molecule has 0 aliphatic rings. The number of carbonyl (C=O) groups excluding carboxylic acids is 1. The lowest BCUT2D eigenvalue weighted by Gasteiger charge is -2.27. The van der Waals surface area contributed by atoms with Crippen LogP contribution in [0.4, 0.5) is 0 Å². The number of rotatable bonds is 43. The van der Waals surface area contributed by atoms with Gasteiger partial charge in [0.1, 0.15) is 12.2 Å². The third-order valence-electron chi connectivity index (χ3n) is 11.1. The summed E-state index contributed by atoms with van der Waals surface area (Å²) in [6.07, 6.45) is 52.1. The zero-order chi connectivity index (χ0) is 40.3. The molecule has 6 nitrogen and oxygen atoms in total. The smallest absolute Gasteiger partial charge is 0.249 e. The summed E-state index contributed by atoms with van der Waals surface area (Å²) in [5.41, 5.74) is 0. The highest BCUT2D eigenvalue weighted by Gasteiger charge is 2.28. The van der Waals surface area contributed by atoms with Crippen LogP contribution >= 0.6 is 0 Å². The van der Waals surface area contributed by atoms with E-state index in [0.717, 1.165) is 38.5 Å². The molecular formula is C49H93NO5. The fraction of sp³-hybridized carbons (Fsp3) is 0.857. The second-order valence-electron chi connectivity index (χ2n) is 16.4. The quantitative estimate of drug-likeness (QED) is 0.0313. The number of hydrogen-bond donors (Lipinski definition) is 5. The lowest BCUT2D eigenvalue weighted by atomic mass is 10.00. The molecule has 5 N–H and O–H groups in total. The van der Waals surface area contributed by atoms with Gasteiger partial charge >= 0.3 is 0 Å². The van der Waals surface area contributed by atoms with Crippen molar-refractivity contribution >= 4 is 5.91 Å². The predicted octanol–water partition coefficient (Wildman–Crippen LogP) is 12.9. The molecule has 0 radical (unpaired) electrons. The van der Waals surface area contributed by atoms with E-state index < -0.39 is 36.9 Å². The summed E-state index contributed by atoms with van der Waals surface area (Å²) in [6.45, 7) is 4.02. The average molecular weight is 776 g/mol. The van der Waals surface area contributed by atoms with Gasteiger partial charge in [-0.1, -0.05) is 198 Å². The van der Waals surface area contributed by atoms with Crippen LogP contribution in [-0.4, -0.2) is 57.3 Å². The summed E-state index contributed by atoms with van der Waals surface area (Å²) in [5, 5.41) is 43.6. The summed E-state index contributed by atoms with van der Waals surface area (Å²) in [6, 6.07) is -1.02. The Kier molecular flexibility index (Phi) is 42.5. The van der Waals surface area contributed by atoms with E-state index >= 15 is 0 Å². The minimum Gasteiger partial charge on any atom is -0.394 e. The standard InChI is InChI=1S/C49H93NO5/c1-3-5-7-9-11-13-15-17-18-19-20-21-22-23-24-25-26-27-28-29-30-31-33-34-36-38-40-42-46(52)48(54)45(44-51)50-49(55)47(53)43-41-39-37-35-32-16-14-12-10-8-6-4-2/h29-30,32,34-36,45-48,51-54H,3-28,31,33,37-44H2,1-2H3,(H,50,55)/b30-29+,35-32-,36-34+. The normalized spacial score (nSPS) is 14.4. The Morgan fingerprint density at radius 3 is 1.15 bits per heavy atom. The van der Waals surface area contributed by atoms with Crippen molar-refractivity contribution in [3.63, 3.8) is 0 Å². The van der Waals surface area contributed by atoms with E-state index in [9.17, 15) is 25.2 Å². The summed E-state index contributed by atoms with van der Waals surface area (Å²) >= 11 is 0. The van der Waals surface area contributed by atoms with Crippen molar-refractivity contribution < 1.29 is 25.2 Å². The van der Waals surface area contributed by atoms with Gasteiger partial charge in [0.2, 0.25) is 5.91 Å². The van der Waals surface area contributed by atoms with Gasteiger partial charge in [-0.2, -0.15) is 0 Å². The lowest BCUT2D eigenvalue weighted by molar-refractivity contribution is -0.132. The van der Waals surface area contributed by atoms with Gasteiger partial charge < -0.3 is 25.7 Å². The van der Waals surface area contributed by atoms with E-state index in [2.05, 4.69) is 55.6 Å². The molecule has 1 amide bonds. The summed E-state index contributed by atoms with van der Waals surface area (Å²) in [7, 11) is 0. The van der Waals surface area contributed by atoms with Crippen LogP contribution in [0.25, 0.3) is 0 Å². The van der Waals surface area contributed by atoms with Crippen molar-refractivity contribution in [3.05, 3.63) is 36.5 Å². The van der Waals surface area contributed by atoms with Crippen LogP contribution in [-0.2, 0) is 4.79 Å². The molecule has 0 bridgehead atoms. The van der Waals surface area contributed by atoms with Gasteiger partial charge in [-0.15, -0.1) is 0 Å². The van der Waals surface area contributed by atoms with E-state index in [1.54, 1.807) is 0 Å². The Bertz CT molecular complexity index is 873. The highest BCUT2D eigenvalue weighted by molar-refractivity contribution is 5.80. The fourth-order valence-electron chi connectivity index (χ4n) is 7.24. The molecule has 0 aromatic heterocycles. The zero-order valence-electron chi connectivity index (χ0n) is 36.4. The molecule has 324 valence electrons. The molecule has 0 rings (SSSR count). The minimum absolute atomic E-state index is 0.329. The van der Waals surface area contributed by atoms with Crippen molar-refractivity contribution in [1.29, 1.82) is 0 Å². The van der Waals surface area contributed by atoms with Crippen molar-refractivity contribution in [1.82, 2.24) is 5.32 Å². The van der Waals surface area contributed by atoms with Crippen LogP contribution in [0.2, 0.25) is 0 Å². The SMILES string of the molecule is CCCCCCCC/C=C\CCCCC(O)C(=O)NC(CO)C(O)C(O)CCC/C=C/CC/C=C/CCCCCCCCCCCCCCCCCCCC. The predicted molar refractivity (Wildman–Crippen MR) is 237 cm³/mol. The second kappa shape index (κ2) is 43.6. The third kappa shape index (κ3) is 37.8. The zero-order valence-corrected chi connectivity index (χ0v) is 36.4. The maximum atomic E-state index is 12.5. The van der Waals surface area contributed by atoms with Crippen LogP contribution in [0, 0.1) is 0 Å². The number of hydrogen-bond acceptors (Lipinski definition) is 5. The highest BCUT2D eigenvalue weighted by atomic mass is 16.3. The number of aliphatic hydroxyl groups excluding tert-OH is 4. The fourth-order valence-corrected chi connectivity index (χ4v) is 7.24. The second-order valence-corrected chi connectivity index (χ2v) is 16.4. The van der Waals surface area contributed by atoms with Crippen LogP contribution in [0.15, 0.2) is 36.5 Å². The first-order chi connectivity index (χ1) is 27.0. The molecule has 0 saturated carbocycles. The Morgan fingerprint density at radius 1 is 0.436 bits per heavy atom. The maximum Gasteiger partial charge on any atom is 0.249 e. The first-order valence-corrected chi connectivity index (χ1v) is 23.9. The van der Waals surface area contributed by atoms with Crippen LogP contribution < -0.4 is 5.32 Å². The number of allylic oxidation sites excluding steroid dienone is 6. The molecule has 0 fully saturated rings. The van der Waals surface area contributed by atoms with E-state index in [0.29, 0.717) is 25.7 Å². The monoisotopic (exact) mass is 776 g/mol. The van der Waals surface area contributed by atoms with Crippen LogP contribution in [0.3, 0.4) is 0 Å². The molecule has 0 heterocycles. The largest absolute Gasteiger partial charge is 0.394 e. The number of amides is 1. The van der Waals surface area contributed by atoms with Gasteiger partial charge in [0.25, 0.3) is 0 Å². The minimum atomic E-state index is -1.30. The summed E-state index contributed by atoms with van der Waals surface area (Å²) in [5.74, 6) is -0.615. The van der Waals surface area contributed by atoms with E-state index in [1.165, 1.54) is 161 Å². The number of unbranched alkanes of at least 4 members (excludes halogenated alkanes) is 28. The van der Waals surface area contributed by atoms with E-state index in [-0.39, 0.29) is 0 Å². The van der Waals surface area contributed by atoms with Crippen molar-refractivity contribution in [2.24, 2.45) is 0 Å². The molecule has 0 aliphatic carbocycles. The van der Waals surface area contributed by atoms with Crippen molar-refractivity contribution in [2.45, 2.75) is 263 Å². The van der Waals surface area contributed by atoms with Gasteiger partial charge in [0, 0.05) is 0 Å². The summed E-state index contributed by atoms with van der Waals surface area (Å²) in [4.78, 5) is 12.5. The van der Waals surface area contributed by atoms with Crippen LogP contribution in [0.1, 0.15) is 239 Å². The molecule has 0 aliphatic heterocycles. The van der Waals surface area contributed by atoms with Gasteiger partial charge in [-0.25, -0.2) is 0 Å². The van der Waals surface area contributed by atoms with Crippen molar-refractivity contribution in [2.75, 3.05) is 6.61 Å². The Labute approximate surface area is 341 Å².